The number of rotatable bonds is 11. The monoisotopic (exact) mass is 383 g/mol. The van der Waals surface area contributed by atoms with Crippen LogP contribution < -0.4 is 16.4 Å². The lowest BCUT2D eigenvalue weighted by Gasteiger charge is -2.22. The van der Waals surface area contributed by atoms with E-state index in [1.807, 2.05) is 12.3 Å². The largest absolute Gasteiger partial charge is 0.480 e. The van der Waals surface area contributed by atoms with E-state index in [1.54, 1.807) is 36.0 Å². The van der Waals surface area contributed by atoms with Crippen molar-refractivity contribution in [1.82, 2.24) is 10.6 Å². The van der Waals surface area contributed by atoms with Gasteiger partial charge in [-0.3, -0.25) is 9.59 Å². The first-order valence-corrected chi connectivity index (χ1v) is 9.51. The molecule has 0 radical (unpaired) electrons. The fraction of sp³-hybridized carbons (Fsp3) is 0.471. The van der Waals surface area contributed by atoms with E-state index in [9.17, 15) is 14.4 Å². The molecule has 0 aliphatic heterocycles. The van der Waals surface area contributed by atoms with E-state index in [4.69, 9.17) is 15.9 Å². The van der Waals surface area contributed by atoms with Crippen LogP contribution in [0.3, 0.4) is 0 Å². The van der Waals surface area contributed by atoms with Gasteiger partial charge in [-0.15, -0.1) is 0 Å². The fourth-order valence-corrected chi connectivity index (χ4v) is 2.66. The lowest BCUT2D eigenvalue weighted by Crippen LogP contribution is -2.56. The van der Waals surface area contributed by atoms with Gasteiger partial charge in [0.15, 0.2) is 0 Å². The van der Waals surface area contributed by atoms with Crippen LogP contribution in [0.25, 0.3) is 0 Å². The number of nitrogens with two attached hydrogens (primary N) is 1. The first-order chi connectivity index (χ1) is 12.4. The summed E-state index contributed by atoms with van der Waals surface area (Å²) < 4.78 is 0. The zero-order valence-corrected chi connectivity index (χ0v) is 15.4. The Kier molecular flexibility index (Phi) is 9.71. The number of carbonyl (C=O) groups is 3. The minimum Gasteiger partial charge on any atom is -0.480 e. The van der Waals surface area contributed by atoms with Gasteiger partial charge < -0.3 is 26.6 Å². The van der Waals surface area contributed by atoms with Crippen molar-refractivity contribution in [1.29, 1.82) is 0 Å². The van der Waals surface area contributed by atoms with Gasteiger partial charge in [0.1, 0.15) is 12.1 Å². The molecule has 0 aliphatic rings. The molecule has 1 rings (SSSR count). The van der Waals surface area contributed by atoms with E-state index in [2.05, 4.69) is 10.6 Å². The predicted octanol–water partition coefficient (Wildman–Crippen LogP) is -0.644. The molecule has 0 aromatic heterocycles. The number of carboxylic acid groups (broad SMARTS) is 1. The second-order valence-electron chi connectivity index (χ2n) is 5.72. The van der Waals surface area contributed by atoms with E-state index in [-0.39, 0.29) is 6.42 Å². The number of hydrogen-bond donors (Lipinski definition) is 5. The van der Waals surface area contributed by atoms with Crippen LogP contribution in [0.15, 0.2) is 30.3 Å². The Bertz CT molecular complexity index is 599. The summed E-state index contributed by atoms with van der Waals surface area (Å²) >= 11 is 1.56. The molecule has 9 heteroatoms. The van der Waals surface area contributed by atoms with E-state index < -0.39 is 42.5 Å². The Morgan fingerprint density at radius 1 is 1.12 bits per heavy atom. The third-order valence-electron chi connectivity index (χ3n) is 3.68. The first kappa shape index (κ1) is 21.9. The van der Waals surface area contributed by atoms with Crippen molar-refractivity contribution in [2.24, 2.45) is 5.73 Å². The molecule has 0 unspecified atom stereocenters. The first-order valence-electron chi connectivity index (χ1n) is 8.11. The molecule has 0 saturated heterocycles. The number of hydrogen-bond acceptors (Lipinski definition) is 6. The van der Waals surface area contributed by atoms with Gasteiger partial charge in [-0.25, -0.2) is 4.79 Å². The third kappa shape index (κ3) is 7.42. The number of aliphatic hydroxyl groups excluding tert-OH is 1. The van der Waals surface area contributed by atoms with Gasteiger partial charge in [0.2, 0.25) is 11.8 Å². The maximum atomic E-state index is 12.4. The minimum atomic E-state index is -1.44. The Labute approximate surface area is 156 Å². The topological polar surface area (TPSA) is 142 Å². The molecule has 0 saturated carbocycles. The van der Waals surface area contributed by atoms with Gasteiger partial charge in [0, 0.05) is 6.42 Å². The number of carbonyl (C=O) groups excluding carboxylic acids is 2. The Hall–Kier alpha value is -2.10. The molecule has 26 heavy (non-hydrogen) atoms. The standard InChI is InChI=1S/C17H25N3O5S/c1-26-8-7-12(18)15(22)19-13(9-11-5-3-2-4-6-11)16(23)20-14(10-21)17(24)25/h2-6,12-14,21H,7-10,18H2,1H3,(H,19,22)(H,20,23)(H,24,25)/t12-,13-,14-/m0/s1. The van der Waals surface area contributed by atoms with Gasteiger partial charge in [-0.05, 0) is 24.0 Å². The van der Waals surface area contributed by atoms with Crippen molar-refractivity contribution in [2.75, 3.05) is 18.6 Å². The van der Waals surface area contributed by atoms with E-state index in [1.165, 1.54) is 0 Å². The van der Waals surface area contributed by atoms with Gasteiger partial charge in [-0.2, -0.15) is 11.8 Å². The highest BCUT2D eigenvalue weighted by molar-refractivity contribution is 7.98. The van der Waals surface area contributed by atoms with Crippen molar-refractivity contribution in [3.8, 4) is 0 Å². The molecule has 0 heterocycles. The summed E-state index contributed by atoms with van der Waals surface area (Å²) in [6.45, 7) is -0.750. The van der Waals surface area contributed by atoms with Crippen LogP contribution in [0.4, 0.5) is 0 Å². The summed E-state index contributed by atoms with van der Waals surface area (Å²) in [5.74, 6) is -1.83. The Balaban J connectivity index is 2.85. The van der Waals surface area contributed by atoms with Crippen LogP contribution in [0.2, 0.25) is 0 Å². The average molecular weight is 383 g/mol. The lowest BCUT2D eigenvalue weighted by atomic mass is 10.0. The SMILES string of the molecule is CSCC[C@H](N)C(=O)N[C@@H](Cc1ccccc1)C(=O)N[C@@H](CO)C(=O)O. The van der Waals surface area contributed by atoms with Crippen molar-refractivity contribution >= 4 is 29.5 Å². The highest BCUT2D eigenvalue weighted by Crippen LogP contribution is 2.05. The number of carboxylic acids is 1. The summed E-state index contributed by atoms with van der Waals surface area (Å²) in [6, 6.07) is 5.79. The quantitative estimate of drug-likeness (QED) is 0.342. The van der Waals surface area contributed by atoms with Crippen LogP contribution in [-0.4, -0.2) is 64.7 Å². The van der Waals surface area contributed by atoms with Crippen LogP contribution in [0.1, 0.15) is 12.0 Å². The highest BCUT2D eigenvalue weighted by atomic mass is 32.2. The Morgan fingerprint density at radius 2 is 1.73 bits per heavy atom. The van der Waals surface area contributed by atoms with Crippen molar-refractivity contribution in [2.45, 2.75) is 31.0 Å². The smallest absolute Gasteiger partial charge is 0.328 e. The van der Waals surface area contributed by atoms with Gasteiger partial charge in [-0.1, -0.05) is 30.3 Å². The molecule has 2 amide bonds. The Morgan fingerprint density at radius 3 is 2.27 bits per heavy atom. The summed E-state index contributed by atoms with van der Waals surface area (Å²) in [5.41, 5.74) is 6.62. The lowest BCUT2D eigenvalue weighted by molar-refractivity contribution is -0.143. The summed E-state index contributed by atoms with van der Waals surface area (Å²) in [6.07, 6.45) is 2.53. The zero-order valence-electron chi connectivity index (χ0n) is 14.6. The molecular weight excluding hydrogens is 358 g/mol. The molecule has 1 aromatic carbocycles. The zero-order chi connectivity index (χ0) is 19.5. The molecule has 0 bridgehead atoms. The average Bonchev–Trinajstić information content (AvgIpc) is 2.63. The second-order valence-corrected chi connectivity index (χ2v) is 6.71. The molecule has 6 N–H and O–H groups in total. The predicted molar refractivity (Wildman–Crippen MR) is 99.7 cm³/mol. The molecule has 8 nitrogen and oxygen atoms in total. The van der Waals surface area contributed by atoms with Crippen molar-refractivity contribution in [3.05, 3.63) is 35.9 Å². The van der Waals surface area contributed by atoms with Crippen LogP contribution in [0.5, 0.6) is 0 Å². The van der Waals surface area contributed by atoms with E-state index in [0.717, 1.165) is 5.56 Å². The molecular formula is C17H25N3O5S. The van der Waals surface area contributed by atoms with Gasteiger partial charge in [0.25, 0.3) is 0 Å². The van der Waals surface area contributed by atoms with Crippen molar-refractivity contribution in [3.63, 3.8) is 0 Å². The summed E-state index contributed by atoms with van der Waals surface area (Å²) in [5, 5.41) is 22.9. The maximum absolute atomic E-state index is 12.4. The number of nitrogens with one attached hydrogen (secondary N) is 2. The van der Waals surface area contributed by atoms with Gasteiger partial charge in [0.05, 0.1) is 12.6 Å². The number of amides is 2. The number of benzene rings is 1. The normalized spacial score (nSPS) is 14.1. The van der Waals surface area contributed by atoms with Crippen LogP contribution in [-0.2, 0) is 20.8 Å². The number of thioether (sulfide) groups is 1. The molecule has 0 fully saturated rings. The molecule has 0 spiro atoms. The summed E-state index contributed by atoms with van der Waals surface area (Å²) in [4.78, 5) is 35.7. The summed E-state index contributed by atoms with van der Waals surface area (Å²) in [7, 11) is 0. The molecule has 3 atom stereocenters. The third-order valence-corrected chi connectivity index (χ3v) is 4.33. The number of aliphatic carboxylic acids is 1. The molecule has 0 aliphatic carbocycles. The number of aliphatic hydroxyl groups is 1. The highest BCUT2D eigenvalue weighted by Gasteiger charge is 2.27. The molecule has 1 aromatic rings. The van der Waals surface area contributed by atoms with Gasteiger partial charge >= 0.3 is 5.97 Å². The second kappa shape index (κ2) is 11.5. The minimum absolute atomic E-state index is 0.172. The van der Waals surface area contributed by atoms with Crippen LogP contribution >= 0.6 is 11.8 Å². The maximum Gasteiger partial charge on any atom is 0.328 e. The van der Waals surface area contributed by atoms with E-state index in [0.29, 0.717) is 12.2 Å². The van der Waals surface area contributed by atoms with E-state index >= 15 is 0 Å². The van der Waals surface area contributed by atoms with Crippen LogP contribution in [0, 0.1) is 0 Å². The molecule has 144 valence electrons. The fourth-order valence-electron chi connectivity index (χ4n) is 2.17. The van der Waals surface area contributed by atoms with Crippen molar-refractivity contribution < 1.29 is 24.6 Å².